The molecule has 0 aromatic heterocycles. The van der Waals surface area contributed by atoms with Crippen molar-refractivity contribution in [2.24, 2.45) is 0 Å². The van der Waals surface area contributed by atoms with Crippen LogP contribution in [0.15, 0.2) is 24.3 Å². The SMILES string of the molecule is CC(C)N[C@H](C)c1ccc(Cl)cc1. The van der Waals surface area contributed by atoms with Crippen molar-refractivity contribution >= 4 is 11.6 Å². The monoisotopic (exact) mass is 197 g/mol. The van der Waals surface area contributed by atoms with Gasteiger partial charge in [0.1, 0.15) is 0 Å². The minimum atomic E-state index is 0.386. The van der Waals surface area contributed by atoms with E-state index in [0.29, 0.717) is 12.1 Å². The Labute approximate surface area is 85.1 Å². The molecule has 0 radical (unpaired) electrons. The number of hydrogen-bond donors (Lipinski definition) is 1. The van der Waals surface area contributed by atoms with Crippen LogP contribution in [-0.4, -0.2) is 6.04 Å². The number of rotatable bonds is 3. The highest BCUT2D eigenvalue weighted by Crippen LogP contribution is 2.16. The minimum Gasteiger partial charge on any atom is -0.308 e. The van der Waals surface area contributed by atoms with Crippen molar-refractivity contribution in [3.05, 3.63) is 34.9 Å². The Kier molecular flexibility index (Phi) is 3.76. The van der Waals surface area contributed by atoms with Gasteiger partial charge in [-0.15, -0.1) is 0 Å². The smallest absolute Gasteiger partial charge is 0.0406 e. The van der Waals surface area contributed by atoms with E-state index in [0.717, 1.165) is 5.02 Å². The Morgan fingerprint density at radius 3 is 2.08 bits per heavy atom. The molecule has 0 saturated carbocycles. The summed E-state index contributed by atoms with van der Waals surface area (Å²) in [5.41, 5.74) is 1.28. The summed E-state index contributed by atoms with van der Waals surface area (Å²) in [4.78, 5) is 0. The normalized spacial score (nSPS) is 13.3. The first kappa shape index (κ1) is 10.6. The maximum atomic E-state index is 5.80. The van der Waals surface area contributed by atoms with Crippen molar-refractivity contribution < 1.29 is 0 Å². The zero-order chi connectivity index (χ0) is 9.84. The Bertz CT molecular complexity index is 253. The molecule has 1 nitrogen and oxygen atoms in total. The number of nitrogens with one attached hydrogen (secondary N) is 1. The van der Waals surface area contributed by atoms with Crippen LogP contribution in [0.4, 0.5) is 0 Å². The molecule has 1 N–H and O–H groups in total. The molecule has 0 aliphatic rings. The fraction of sp³-hybridized carbons (Fsp3) is 0.455. The van der Waals surface area contributed by atoms with Gasteiger partial charge >= 0.3 is 0 Å². The summed E-state index contributed by atoms with van der Waals surface area (Å²) in [7, 11) is 0. The van der Waals surface area contributed by atoms with Crippen LogP contribution in [0.5, 0.6) is 0 Å². The van der Waals surface area contributed by atoms with Gasteiger partial charge in [-0.1, -0.05) is 37.6 Å². The van der Waals surface area contributed by atoms with Gasteiger partial charge in [0.15, 0.2) is 0 Å². The van der Waals surface area contributed by atoms with E-state index in [4.69, 9.17) is 11.6 Å². The van der Waals surface area contributed by atoms with E-state index in [1.54, 1.807) is 0 Å². The summed E-state index contributed by atoms with van der Waals surface area (Å²) >= 11 is 5.80. The standard InChI is InChI=1S/C11H16ClN/c1-8(2)13-9(3)10-4-6-11(12)7-5-10/h4-9,13H,1-3H3/t9-/m1/s1. The molecule has 0 amide bonds. The largest absolute Gasteiger partial charge is 0.308 e. The zero-order valence-electron chi connectivity index (χ0n) is 8.34. The predicted molar refractivity (Wildman–Crippen MR) is 58.1 cm³/mol. The van der Waals surface area contributed by atoms with Crippen molar-refractivity contribution in [2.45, 2.75) is 32.9 Å². The molecular formula is C11H16ClN. The second-order valence-electron chi connectivity index (χ2n) is 3.59. The van der Waals surface area contributed by atoms with E-state index < -0.39 is 0 Å². The van der Waals surface area contributed by atoms with Gasteiger partial charge < -0.3 is 5.32 Å². The second kappa shape index (κ2) is 4.64. The van der Waals surface area contributed by atoms with Gasteiger partial charge in [0.25, 0.3) is 0 Å². The Morgan fingerprint density at radius 2 is 1.62 bits per heavy atom. The summed E-state index contributed by atoms with van der Waals surface area (Å²) in [6.07, 6.45) is 0. The lowest BCUT2D eigenvalue weighted by molar-refractivity contribution is 0.506. The molecule has 1 aromatic carbocycles. The van der Waals surface area contributed by atoms with Crippen LogP contribution in [0.3, 0.4) is 0 Å². The zero-order valence-corrected chi connectivity index (χ0v) is 9.10. The van der Waals surface area contributed by atoms with Gasteiger partial charge in [0.05, 0.1) is 0 Å². The first-order valence-corrected chi connectivity index (χ1v) is 4.99. The molecule has 1 rings (SSSR count). The fourth-order valence-electron chi connectivity index (χ4n) is 1.35. The summed E-state index contributed by atoms with van der Waals surface area (Å²) in [6.45, 7) is 6.45. The maximum Gasteiger partial charge on any atom is 0.0406 e. The van der Waals surface area contributed by atoms with Gasteiger partial charge in [-0.3, -0.25) is 0 Å². The molecule has 0 saturated heterocycles. The molecule has 0 fully saturated rings. The second-order valence-corrected chi connectivity index (χ2v) is 4.03. The Balaban J connectivity index is 2.66. The molecular weight excluding hydrogens is 182 g/mol. The first-order valence-electron chi connectivity index (χ1n) is 4.61. The average Bonchev–Trinajstić information content (AvgIpc) is 2.04. The third-order valence-electron chi connectivity index (χ3n) is 1.95. The molecule has 0 heterocycles. The van der Waals surface area contributed by atoms with Gasteiger partial charge in [0.2, 0.25) is 0 Å². The van der Waals surface area contributed by atoms with Gasteiger partial charge in [-0.2, -0.15) is 0 Å². The maximum absolute atomic E-state index is 5.80. The van der Waals surface area contributed by atoms with Crippen LogP contribution in [-0.2, 0) is 0 Å². The highest BCUT2D eigenvalue weighted by molar-refractivity contribution is 6.30. The Hall–Kier alpha value is -0.530. The van der Waals surface area contributed by atoms with E-state index in [2.05, 4.69) is 38.2 Å². The van der Waals surface area contributed by atoms with E-state index in [9.17, 15) is 0 Å². The molecule has 1 atom stereocenters. The highest BCUT2D eigenvalue weighted by Gasteiger charge is 2.05. The fourth-order valence-corrected chi connectivity index (χ4v) is 1.47. The van der Waals surface area contributed by atoms with Gasteiger partial charge in [-0.05, 0) is 24.6 Å². The lowest BCUT2D eigenvalue weighted by Gasteiger charge is -2.17. The van der Waals surface area contributed by atoms with Crippen LogP contribution in [0.2, 0.25) is 5.02 Å². The van der Waals surface area contributed by atoms with Crippen molar-refractivity contribution in [2.75, 3.05) is 0 Å². The summed E-state index contributed by atoms with van der Waals surface area (Å²) in [5.74, 6) is 0. The molecule has 0 aliphatic carbocycles. The first-order chi connectivity index (χ1) is 6.09. The molecule has 0 bridgehead atoms. The molecule has 0 spiro atoms. The van der Waals surface area contributed by atoms with E-state index >= 15 is 0 Å². The van der Waals surface area contributed by atoms with Crippen molar-refractivity contribution in [1.82, 2.24) is 5.32 Å². The molecule has 1 aromatic rings. The van der Waals surface area contributed by atoms with Crippen molar-refractivity contribution in [3.63, 3.8) is 0 Å². The molecule has 0 unspecified atom stereocenters. The van der Waals surface area contributed by atoms with E-state index in [-0.39, 0.29) is 0 Å². The number of benzene rings is 1. The highest BCUT2D eigenvalue weighted by atomic mass is 35.5. The Morgan fingerprint density at radius 1 is 1.08 bits per heavy atom. The lowest BCUT2D eigenvalue weighted by Crippen LogP contribution is -2.25. The van der Waals surface area contributed by atoms with Crippen LogP contribution in [0.25, 0.3) is 0 Å². The topological polar surface area (TPSA) is 12.0 Å². The van der Waals surface area contributed by atoms with Crippen LogP contribution in [0, 0.1) is 0 Å². The van der Waals surface area contributed by atoms with Gasteiger partial charge in [0, 0.05) is 17.1 Å². The van der Waals surface area contributed by atoms with Crippen LogP contribution >= 0.6 is 11.6 Å². The quantitative estimate of drug-likeness (QED) is 0.783. The minimum absolute atomic E-state index is 0.386. The summed E-state index contributed by atoms with van der Waals surface area (Å²) in [5, 5.41) is 4.23. The summed E-state index contributed by atoms with van der Waals surface area (Å²) < 4.78 is 0. The molecule has 0 aliphatic heterocycles. The van der Waals surface area contributed by atoms with Gasteiger partial charge in [-0.25, -0.2) is 0 Å². The lowest BCUT2D eigenvalue weighted by atomic mass is 10.1. The number of halogens is 1. The van der Waals surface area contributed by atoms with Crippen molar-refractivity contribution in [1.29, 1.82) is 0 Å². The average molecular weight is 198 g/mol. The predicted octanol–water partition coefficient (Wildman–Crippen LogP) is 3.40. The molecule has 2 heteroatoms. The third-order valence-corrected chi connectivity index (χ3v) is 2.21. The third kappa shape index (κ3) is 3.37. The molecule has 13 heavy (non-hydrogen) atoms. The molecule has 72 valence electrons. The van der Waals surface area contributed by atoms with Crippen LogP contribution < -0.4 is 5.32 Å². The van der Waals surface area contributed by atoms with Crippen LogP contribution in [0.1, 0.15) is 32.4 Å². The van der Waals surface area contributed by atoms with E-state index in [1.807, 2.05) is 12.1 Å². The van der Waals surface area contributed by atoms with Crippen molar-refractivity contribution in [3.8, 4) is 0 Å². The van der Waals surface area contributed by atoms with E-state index in [1.165, 1.54) is 5.56 Å². The number of hydrogen-bond acceptors (Lipinski definition) is 1. The summed E-state index contributed by atoms with van der Waals surface area (Å²) in [6, 6.07) is 8.86.